The molecule has 0 radical (unpaired) electrons. The number of nitrogens with zero attached hydrogens (tertiary/aromatic N) is 1. The fourth-order valence-corrected chi connectivity index (χ4v) is 3.07. The molecule has 15 heteroatoms. The lowest BCUT2D eigenvalue weighted by molar-refractivity contribution is -0.275. The van der Waals surface area contributed by atoms with E-state index >= 15 is 4.39 Å². The number of ether oxygens (including phenoxy) is 4. The molecule has 0 saturated carbocycles. The second-order valence-electron chi connectivity index (χ2n) is 7.08. The molecule has 0 unspecified atom stereocenters. The Hall–Kier alpha value is -4.56. The number of esters is 1. The summed E-state index contributed by atoms with van der Waals surface area (Å²) in [7, 11) is 1.95. The smallest absolute Gasteiger partial charge is 0.490 e. The lowest BCUT2D eigenvalue weighted by atomic mass is 10.1. The van der Waals surface area contributed by atoms with Gasteiger partial charge in [0.1, 0.15) is 22.8 Å². The maximum absolute atomic E-state index is 15.1. The number of methoxy groups -OCH3 is 2. The van der Waals surface area contributed by atoms with Crippen molar-refractivity contribution in [1.82, 2.24) is 4.98 Å². The maximum atomic E-state index is 15.1. The van der Waals surface area contributed by atoms with Gasteiger partial charge < -0.3 is 24.3 Å². The van der Waals surface area contributed by atoms with E-state index in [1.807, 2.05) is 0 Å². The van der Waals surface area contributed by atoms with Crippen LogP contribution in [-0.2, 0) is 4.74 Å². The second-order valence-corrected chi connectivity index (χ2v) is 7.08. The SMILES string of the molecule is COC(=O)c1cc(NC(=O)c2c(Oc3ccc(OC(F)(F)F)c(F)c3OC)ccc(C(F)F)c2F)ccn1. The molecule has 0 bridgehead atoms. The number of hydrogen-bond donors (Lipinski definition) is 1. The summed E-state index contributed by atoms with van der Waals surface area (Å²) >= 11 is 0. The topological polar surface area (TPSA) is 96.0 Å². The van der Waals surface area contributed by atoms with E-state index in [0.29, 0.717) is 12.1 Å². The second kappa shape index (κ2) is 11.2. The molecule has 1 aromatic heterocycles. The molecule has 2 aromatic carbocycles. The van der Waals surface area contributed by atoms with Gasteiger partial charge in [-0.2, -0.15) is 4.39 Å². The average molecular weight is 548 g/mol. The van der Waals surface area contributed by atoms with Gasteiger partial charge in [-0.25, -0.2) is 22.9 Å². The molecule has 202 valence electrons. The molecule has 0 spiro atoms. The summed E-state index contributed by atoms with van der Waals surface area (Å²) in [5, 5.41) is 2.18. The lowest BCUT2D eigenvalue weighted by Gasteiger charge is -2.17. The van der Waals surface area contributed by atoms with Crippen LogP contribution in [0.25, 0.3) is 0 Å². The summed E-state index contributed by atoms with van der Waals surface area (Å²) in [6, 6.07) is 4.89. The Bertz CT molecular complexity index is 1360. The van der Waals surface area contributed by atoms with E-state index < -0.39 is 70.4 Å². The molecule has 8 nitrogen and oxygen atoms in total. The van der Waals surface area contributed by atoms with Crippen LogP contribution in [0.3, 0.4) is 0 Å². The number of carbonyl (C=O) groups excluding carboxylic acids is 2. The fourth-order valence-electron chi connectivity index (χ4n) is 3.07. The zero-order valence-corrected chi connectivity index (χ0v) is 19.2. The summed E-state index contributed by atoms with van der Waals surface area (Å²) in [5.41, 5.74) is -2.61. The average Bonchev–Trinajstić information content (AvgIpc) is 2.84. The van der Waals surface area contributed by atoms with Crippen molar-refractivity contribution in [3.63, 3.8) is 0 Å². The van der Waals surface area contributed by atoms with E-state index in [0.717, 1.165) is 38.6 Å². The molecule has 1 amide bonds. The van der Waals surface area contributed by atoms with Gasteiger partial charge >= 0.3 is 12.3 Å². The largest absolute Gasteiger partial charge is 0.573 e. The Morgan fingerprint density at radius 1 is 0.947 bits per heavy atom. The summed E-state index contributed by atoms with van der Waals surface area (Å²) in [5.74, 6) is -9.13. The highest BCUT2D eigenvalue weighted by atomic mass is 19.4. The highest BCUT2D eigenvalue weighted by Crippen LogP contribution is 2.41. The van der Waals surface area contributed by atoms with E-state index in [1.54, 1.807) is 0 Å². The first kappa shape index (κ1) is 28.0. The van der Waals surface area contributed by atoms with Crippen molar-refractivity contribution in [2.75, 3.05) is 19.5 Å². The molecule has 0 fully saturated rings. The Balaban J connectivity index is 2.05. The van der Waals surface area contributed by atoms with Crippen LogP contribution in [-0.4, -0.2) is 37.4 Å². The molecular formula is C23H15F7N2O6. The third-order valence-electron chi connectivity index (χ3n) is 4.68. The van der Waals surface area contributed by atoms with Gasteiger partial charge in [-0.05, 0) is 36.4 Å². The molecule has 0 aliphatic heterocycles. The first-order chi connectivity index (χ1) is 17.9. The number of pyridine rings is 1. The third kappa shape index (κ3) is 6.22. The molecule has 0 atom stereocenters. The first-order valence-electron chi connectivity index (χ1n) is 10.1. The summed E-state index contributed by atoms with van der Waals surface area (Å²) in [4.78, 5) is 28.3. The highest BCUT2D eigenvalue weighted by molar-refractivity contribution is 6.07. The van der Waals surface area contributed by atoms with E-state index in [4.69, 9.17) is 9.47 Å². The molecule has 3 rings (SSSR count). The highest BCUT2D eigenvalue weighted by Gasteiger charge is 2.34. The predicted molar refractivity (Wildman–Crippen MR) is 115 cm³/mol. The van der Waals surface area contributed by atoms with Crippen LogP contribution in [0.5, 0.6) is 23.0 Å². The van der Waals surface area contributed by atoms with Crippen LogP contribution in [0, 0.1) is 11.6 Å². The zero-order chi connectivity index (χ0) is 28.2. The van der Waals surface area contributed by atoms with Crippen molar-refractivity contribution < 1.29 is 59.3 Å². The van der Waals surface area contributed by atoms with Crippen LogP contribution in [0.15, 0.2) is 42.6 Å². The summed E-state index contributed by atoms with van der Waals surface area (Å²) in [6.45, 7) is 0. The van der Waals surface area contributed by atoms with Gasteiger partial charge in [-0.3, -0.25) is 4.79 Å². The molecule has 38 heavy (non-hydrogen) atoms. The van der Waals surface area contributed by atoms with Gasteiger partial charge in [0.05, 0.1) is 19.8 Å². The lowest BCUT2D eigenvalue weighted by Crippen LogP contribution is -2.18. The molecular weight excluding hydrogens is 533 g/mol. The van der Waals surface area contributed by atoms with Gasteiger partial charge in [0.15, 0.2) is 11.5 Å². The normalized spacial score (nSPS) is 11.2. The van der Waals surface area contributed by atoms with Crippen LogP contribution >= 0.6 is 0 Å². The van der Waals surface area contributed by atoms with Gasteiger partial charge in [-0.1, -0.05) is 0 Å². The number of aromatic nitrogens is 1. The number of anilines is 1. The molecule has 1 heterocycles. The summed E-state index contributed by atoms with van der Waals surface area (Å²) in [6.07, 6.45) is -7.49. The Morgan fingerprint density at radius 2 is 1.61 bits per heavy atom. The third-order valence-corrected chi connectivity index (χ3v) is 4.68. The Kier molecular flexibility index (Phi) is 8.28. The first-order valence-corrected chi connectivity index (χ1v) is 10.1. The number of nitrogens with one attached hydrogen (secondary N) is 1. The molecule has 0 aliphatic rings. The Morgan fingerprint density at radius 3 is 2.21 bits per heavy atom. The van der Waals surface area contributed by atoms with Gasteiger partial charge in [0.25, 0.3) is 12.3 Å². The molecule has 0 aliphatic carbocycles. The molecule has 1 N–H and O–H groups in total. The minimum Gasteiger partial charge on any atom is -0.490 e. The predicted octanol–water partition coefficient (Wildman–Crippen LogP) is 6.04. The fraction of sp³-hybridized carbons (Fsp3) is 0.174. The van der Waals surface area contributed by atoms with Crippen molar-refractivity contribution in [2.45, 2.75) is 12.8 Å². The minimum absolute atomic E-state index is 0.115. The maximum Gasteiger partial charge on any atom is 0.573 e. The van der Waals surface area contributed by atoms with Crippen LogP contribution in [0.2, 0.25) is 0 Å². The number of carbonyl (C=O) groups is 2. The van der Waals surface area contributed by atoms with E-state index in [9.17, 15) is 35.9 Å². The van der Waals surface area contributed by atoms with Crippen LogP contribution in [0.1, 0.15) is 32.8 Å². The zero-order valence-electron chi connectivity index (χ0n) is 19.2. The van der Waals surface area contributed by atoms with Crippen LogP contribution < -0.4 is 19.5 Å². The molecule has 0 saturated heterocycles. The van der Waals surface area contributed by atoms with Crippen molar-refractivity contribution >= 4 is 17.6 Å². The van der Waals surface area contributed by atoms with Crippen molar-refractivity contribution in [3.05, 3.63) is 71.1 Å². The number of benzene rings is 2. The standard InChI is InChI=1S/C23H15F7N2O6/c1-35-19-15(6-5-14(18(19)25)38-23(28,29)30)37-13-4-3-11(20(26)27)17(24)16(13)21(33)32-10-7-8-31-12(9-10)22(34)36-2/h3-9,20H,1-2H3,(H,31,32,33). The summed E-state index contributed by atoms with van der Waals surface area (Å²) < 4.78 is 112. The van der Waals surface area contributed by atoms with E-state index in [-0.39, 0.29) is 11.4 Å². The number of halogens is 7. The van der Waals surface area contributed by atoms with Crippen molar-refractivity contribution in [2.24, 2.45) is 0 Å². The van der Waals surface area contributed by atoms with Gasteiger partial charge in [0.2, 0.25) is 11.6 Å². The number of amides is 1. The van der Waals surface area contributed by atoms with Crippen molar-refractivity contribution in [1.29, 1.82) is 0 Å². The van der Waals surface area contributed by atoms with Gasteiger partial charge in [0, 0.05) is 11.9 Å². The van der Waals surface area contributed by atoms with Crippen LogP contribution in [0.4, 0.5) is 36.4 Å². The van der Waals surface area contributed by atoms with Gasteiger partial charge in [-0.15, -0.1) is 13.2 Å². The Labute approximate surface area is 208 Å². The number of alkyl halides is 5. The quantitative estimate of drug-likeness (QED) is 0.271. The molecule has 3 aromatic rings. The minimum atomic E-state index is -5.24. The van der Waals surface area contributed by atoms with E-state index in [1.165, 1.54) is 6.07 Å². The van der Waals surface area contributed by atoms with E-state index in [2.05, 4.69) is 19.8 Å². The number of rotatable bonds is 8. The van der Waals surface area contributed by atoms with Crippen molar-refractivity contribution in [3.8, 4) is 23.0 Å². The number of hydrogen-bond acceptors (Lipinski definition) is 7. The monoisotopic (exact) mass is 548 g/mol.